The van der Waals surface area contributed by atoms with Gasteiger partial charge in [-0.3, -0.25) is 4.79 Å². The van der Waals surface area contributed by atoms with Crippen molar-refractivity contribution in [3.8, 4) is 5.75 Å². The lowest BCUT2D eigenvalue weighted by molar-refractivity contribution is -0.140. The van der Waals surface area contributed by atoms with Gasteiger partial charge in [-0.05, 0) is 18.2 Å². The van der Waals surface area contributed by atoms with E-state index in [1.165, 1.54) is 11.9 Å². The van der Waals surface area contributed by atoms with Crippen LogP contribution in [0.4, 0.5) is 5.69 Å². The van der Waals surface area contributed by atoms with Gasteiger partial charge in [0.25, 0.3) is 5.91 Å². The summed E-state index contributed by atoms with van der Waals surface area (Å²) in [5, 5.41) is 10.9. The number of nitrogens with zero attached hydrogens (tertiary/aromatic N) is 1. The van der Waals surface area contributed by atoms with Crippen molar-refractivity contribution in [2.45, 2.75) is 5.60 Å². The van der Waals surface area contributed by atoms with Gasteiger partial charge in [-0.2, -0.15) is 0 Å². The molecule has 0 saturated heterocycles. The summed E-state index contributed by atoms with van der Waals surface area (Å²) in [5.74, 6) is -1.17. The monoisotopic (exact) mass is 309 g/mol. The summed E-state index contributed by atoms with van der Waals surface area (Å²) >= 11 is 0. The van der Waals surface area contributed by atoms with E-state index in [1.807, 2.05) is 0 Å². The highest BCUT2D eigenvalue weighted by Crippen LogP contribution is 2.43. The maximum atomic E-state index is 12.5. The zero-order chi connectivity index (χ0) is 16.6. The Hall–Kier alpha value is -2.92. The third-order valence-electron chi connectivity index (χ3n) is 3.91. The van der Waals surface area contributed by atoms with Crippen molar-refractivity contribution in [2.24, 2.45) is 0 Å². The Bertz CT molecular complexity index is 800. The molecule has 5 heteroatoms. The predicted octanol–water partition coefficient (Wildman–Crippen LogP) is 2.01. The third-order valence-corrected chi connectivity index (χ3v) is 3.91. The molecule has 3 rings (SSSR count). The maximum absolute atomic E-state index is 12.5. The molecule has 1 aliphatic rings. The molecule has 0 aliphatic carbocycles. The van der Waals surface area contributed by atoms with Gasteiger partial charge in [0.05, 0.1) is 11.3 Å². The van der Waals surface area contributed by atoms with Gasteiger partial charge in [0.2, 0.25) is 5.60 Å². The zero-order valence-corrected chi connectivity index (χ0v) is 12.5. The molecule has 0 bridgehead atoms. The summed E-state index contributed by atoms with van der Waals surface area (Å²) in [4.78, 5) is 26.1. The number of rotatable bonds is 3. The van der Waals surface area contributed by atoms with Gasteiger partial charge in [-0.15, -0.1) is 0 Å². The molecular formula is C18H15NO4. The lowest BCUT2D eigenvalue weighted by atomic mass is 9.88. The molecule has 1 N–H and O–H groups in total. The minimum Gasteiger partial charge on any atom is -0.423 e. The molecule has 1 aliphatic heterocycles. The first-order valence-corrected chi connectivity index (χ1v) is 7.03. The molecule has 0 unspecified atom stereocenters. The SMILES string of the molecule is C=C(C(=O)Oc1ccccc1)[C@@]1(O)C(=O)N(C)c2ccccc21. The topological polar surface area (TPSA) is 66.8 Å². The van der Waals surface area contributed by atoms with Crippen LogP contribution in [0.2, 0.25) is 0 Å². The Balaban J connectivity index is 1.95. The molecule has 1 atom stereocenters. The van der Waals surface area contributed by atoms with E-state index in [0.717, 1.165) is 0 Å². The molecule has 2 aromatic carbocycles. The van der Waals surface area contributed by atoms with Gasteiger partial charge in [-0.25, -0.2) is 4.79 Å². The summed E-state index contributed by atoms with van der Waals surface area (Å²) in [6.45, 7) is 3.62. The molecule has 0 aromatic heterocycles. The number of carbonyl (C=O) groups excluding carboxylic acids is 2. The number of hydrogen-bond donors (Lipinski definition) is 1. The molecule has 0 radical (unpaired) electrons. The minimum absolute atomic E-state index is 0.314. The standard InChI is InChI=1S/C18H15NO4/c1-12(16(20)23-13-8-4-3-5-9-13)18(22)14-10-6-7-11-15(14)19(2)17(18)21/h3-11,22H,1H2,2H3/t18-/m0/s1. The van der Waals surface area contributed by atoms with E-state index in [4.69, 9.17) is 4.74 Å². The molecule has 0 fully saturated rings. The fourth-order valence-electron chi connectivity index (χ4n) is 2.64. The largest absolute Gasteiger partial charge is 0.423 e. The number of amides is 1. The van der Waals surface area contributed by atoms with Crippen LogP contribution in [-0.2, 0) is 15.2 Å². The lowest BCUT2D eigenvalue weighted by Gasteiger charge is -2.23. The third kappa shape index (κ3) is 2.22. The van der Waals surface area contributed by atoms with E-state index in [1.54, 1.807) is 54.6 Å². The van der Waals surface area contributed by atoms with Gasteiger partial charge in [0.15, 0.2) is 0 Å². The molecule has 2 aromatic rings. The first-order valence-electron chi connectivity index (χ1n) is 7.03. The van der Waals surface area contributed by atoms with Gasteiger partial charge in [0, 0.05) is 12.6 Å². The molecule has 116 valence electrons. The second-order valence-corrected chi connectivity index (χ2v) is 5.27. The fourth-order valence-corrected chi connectivity index (χ4v) is 2.64. The van der Waals surface area contributed by atoms with E-state index in [0.29, 0.717) is 17.0 Å². The van der Waals surface area contributed by atoms with Crippen molar-refractivity contribution in [2.75, 3.05) is 11.9 Å². The summed E-state index contributed by atoms with van der Waals surface area (Å²) in [7, 11) is 1.54. The van der Waals surface area contributed by atoms with Gasteiger partial charge in [-0.1, -0.05) is 43.0 Å². The van der Waals surface area contributed by atoms with Crippen molar-refractivity contribution in [3.05, 3.63) is 72.3 Å². The first kappa shape index (κ1) is 15.0. The highest BCUT2D eigenvalue weighted by molar-refractivity contribution is 6.13. The number of likely N-dealkylation sites (N-methyl/N-ethyl adjacent to an activating group) is 1. The lowest BCUT2D eigenvalue weighted by Crippen LogP contribution is -2.42. The van der Waals surface area contributed by atoms with Crippen molar-refractivity contribution in [1.29, 1.82) is 0 Å². The normalized spacial score (nSPS) is 19.4. The van der Waals surface area contributed by atoms with Crippen LogP contribution in [0.1, 0.15) is 5.56 Å². The molecule has 1 heterocycles. The van der Waals surface area contributed by atoms with Crippen LogP contribution >= 0.6 is 0 Å². The van der Waals surface area contributed by atoms with Crippen LogP contribution in [-0.4, -0.2) is 24.0 Å². The maximum Gasteiger partial charge on any atom is 0.342 e. The molecule has 0 saturated carbocycles. The van der Waals surface area contributed by atoms with Gasteiger partial charge in [0.1, 0.15) is 5.75 Å². The van der Waals surface area contributed by atoms with Crippen LogP contribution in [0.3, 0.4) is 0 Å². The number of carbonyl (C=O) groups is 2. The summed E-state index contributed by atoms with van der Waals surface area (Å²) < 4.78 is 5.18. The van der Waals surface area contributed by atoms with Crippen LogP contribution in [0.25, 0.3) is 0 Å². The summed E-state index contributed by atoms with van der Waals surface area (Å²) in [5.41, 5.74) is -1.57. The highest BCUT2D eigenvalue weighted by Gasteiger charge is 2.53. The number of anilines is 1. The van der Waals surface area contributed by atoms with Crippen molar-refractivity contribution in [1.82, 2.24) is 0 Å². The smallest absolute Gasteiger partial charge is 0.342 e. The average molecular weight is 309 g/mol. The van der Waals surface area contributed by atoms with E-state index in [9.17, 15) is 14.7 Å². The second-order valence-electron chi connectivity index (χ2n) is 5.27. The van der Waals surface area contributed by atoms with Gasteiger partial charge >= 0.3 is 5.97 Å². The van der Waals surface area contributed by atoms with E-state index >= 15 is 0 Å². The predicted molar refractivity (Wildman–Crippen MR) is 85.0 cm³/mol. The van der Waals surface area contributed by atoms with E-state index in [2.05, 4.69) is 6.58 Å². The Morgan fingerprint density at radius 1 is 1.13 bits per heavy atom. The molecule has 1 amide bonds. The van der Waals surface area contributed by atoms with Crippen LogP contribution in [0.15, 0.2) is 66.7 Å². The number of hydrogen-bond acceptors (Lipinski definition) is 4. The Kier molecular flexibility index (Phi) is 3.50. The molecule has 5 nitrogen and oxygen atoms in total. The van der Waals surface area contributed by atoms with Crippen molar-refractivity contribution >= 4 is 17.6 Å². The fraction of sp³-hybridized carbons (Fsp3) is 0.111. The van der Waals surface area contributed by atoms with E-state index in [-0.39, 0.29) is 5.57 Å². The van der Waals surface area contributed by atoms with Crippen LogP contribution in [0, 0.1) is 0 Å². The summed E-state index contributed by atoms with van der Waals surface area (Å²) in [6, 6.07) is 15.1. The quantitative estimate of drug-likeness (QED) is 0.535. The molecule has 0 spiro atoms. The number of aliphatic hydroxyl groups is 1. The highest BCUT2D eigenvalue weighted by atomic mass is 16.5. The summed E-state index contributed by atoms with van der Waals surface area (Å²) in [6.07, 6.45) is 0. The Morgan fingerprint density at radius 3 is 2.43 bits per heavy atom. The van der Waals surface area contributed by atoms with Gasteiger partial charge < -0.3 is 14.7 Å². The number of ether oxygens (including phenoxy) is 1. The first-order chi connectivity index (χ1) is 11.0. The number of benzene rings is 2. The molecule has 23 heavy (non-hydrogen) atoms. The second kappa shape index (κ2) is 5.37. The van der Waals surface area contributed by atoms with Crippen molar-refractivity contribution < 1.29 is 19.4 Å². The van der Waals surface area contributed by atoms with Crippen LogP contribution in [0.5, 0.6) is 5.75 Å². The number of esters is 1. The minimum atomic E-state index is -2.11. The Morgan fingerprint density at radius 2 is 1.74 bits per heavy atom. The number of para-hydroxylation sites is 2. The molecular weight excluding hydrogens is 294 g/mol. The number of fused-ring (bicyclic) bond motifs is 1. The Labute approximate surface area is 133 Å². The average Bonchev–Trinajstić information content (AvgIpc) is 2.78. The van der Waals surface area contributed by atoms with Crippen molar-refractivity contribution in [3.63, 3.8) is 0 Å². The van der Waals surface area contributed by atoms with Crippen LogP contribution < -0.4 is 9.64 Å². The zero-order valence-electron chi connectivity index (χ0n) is 12.5. The van der Waals surface area contributed by atoms with E-state index < -0.39 is 17.5 Å².